The molecule has 96 valence electrons. The quantitative estimate of drug-likeness (QED) is 0.885. The number of carbonyl (C=O) groups excluding carboxylic acids is 1. The second-order valence-corrected chi connectivity index (χ2v) is 5.53. The third kappa shape index (κ3) is 2.59. The molecule has 0 unspecified atom stereocenters. The van der Waals surface area contributed by atoms with Gasteiger partial charge in [0.2, 0.25) is 0 Å². The topological polar surface area (TPSA) is 80.9 Å². The van der Waals surface area contributed by atoms with Gasteiger partial charge in [-0.3, -0.25) is 4.79 Å². The normalized spacial score (nSPS) is 11.1. The molecule has 0 aromatic carbocycles. The van der Waals surface area contributed by atoms with Crippen LogP contribution in [0, 0.1) is 5.92 Å². The number of amides is 1. The molecule has 0 aliphatic heterocycles. The molecule has 18 heavy (non-hydrogen) atoms. The number of aromatic nitrogens is 2. The molecule has 3 N–H and O–H groups in total. The smallest absolute Gasteiger partial charge is 0.263 e. The maximum Gasteiger partial charge on any atom is 0.263 e. The van der Waals surface area contributed by atoms with Crippen molar-refractivity contribution in [2.45, 2.75) is 20.3 Å². The number of nitrogens with one attached hydrogen (secondary N) is 1. The average molecular weight is 264 g/mol. The van der Waals surface area contributed by atoms with Crippen LogP contribution in [0.25, 0.3) is 10.2 Å². The molecule has 0 aliphatic rings. The van der Waals surface area contributed by atoms with Crippen molar-refractivity contribution in [3.8, 4) is 0 Å². The Labute approximate surface area is 109 Å². The van der Waals surface area contributed by atoms with Crippen molar-refractivity contribution < 1.29 is 4.79 Å². The fourth-order valence-electron chi connectivity index (χ4n) is 1.60. The minimum absolute atomic E-state index is 0.129. The zero-order valence-electron chi connectivity index (χ0n) is 10.4. The first-order chi connectivity index (χ1) is 8.59. The Morgan fingerprint density at radius 3 is 3.00 bits per heavy atom. The van der Waals surface area contributed by atoms with Crippen LogP contribution in [0.3, 0.4) is 0 Å². The van der Waals surface area contributed by atoms with Crippen molar-refractivity contribution in [2.75, 3.05) is 12.3 Å². The van der Waals surface area contributed by atoms with Gasteiger partial charge in [-0.05, 0) is 18.4 Å². The van der Waals surface area contributed by atoms with E-state index in [1.54, 1.807) is 12.3 Å². The van der Waals surface area contributed by atoms with Gasteiger partial charge in [0.15, 0.2) is 0 Å². The summed E-state index contributed by atoms with van der Waals surface area (Å²) in [4.78, 5) is 13.2. The van der Waals surface area contributed by atoms with E-state index >= 15 is 0 Å². The number of nitrogen functional groups attached to an aromatic ring is 1. The lowest BCUT2D eigenvalue weighted by Crippen LogP contribution is -2.25. The van der Waals surface area contributed by atoms with Gasteiger partial charge in [0.25, 0.3) is 5.91 Å². The number of hydrogen-bond acceptors (Lipinski definition) is 5. The highest BCUT2D eigenvalue weighted by molar-refractivity contribution is 7.21. The minimum atomic E-state index is -0.129. The monoisotopic (exact) mass is 264 g/mol. The molecule has 0 aliphatic carbocycles. The molecule has 0 saturated carbocycles. The van der Waals surface area contributed by atoms with Gasteiger partial charge in [0.1, 0.15) is 9.71 Å². The summed E-state index contributed by atoms with van der Waals surface area (Å²) in [6.45, 7) is 4.90. The summed E-state index contributed by atoms with van der Waals surface area (Å²) in [5, 5.41) is 11.4. The Hall–Kier alpha value is -1.69. The summed E-state index contributed by atoms with van der Waals surface area (Å²) < 4.78 is 0. The van der Waals surface area contributed by atoms with E-state index in [0.29, 0.717) is 27.9 Å². The van der Waals surface area contributed by atoms with Crippen LogP contribution >= 0.6 is 11.3 Å². The summed E-state index contributed by atoms with van der Waals surface area (Å²) in [7, 11) is 0. The molecule has 5 nitrogen and oxygen atoms in total. The van der Waals surface area contributed by atoms with Gasteiger partial charge >= 0.3 is 0 Å². The van der Waals surface area contributed by atoms with Crippen LogP contribution in [-0.2, 0) is 0 Å². The highest BCUT2D eigenvalue weighted by Crippen LogP contribution is 2.31. The number of nitrogens with zero attached hydrogens (tertiary/aromatic N) is 2. The number of rotatable bonds is 4. The third-order valence-corrected chi connectivity index (χ3v) is 3.74. The molecule has 2 rings (SSSR count). The van der Waals surface area contributed by atoms with E-state index in [0.717, 1.165) is 11.8 Å². The third-order valence-electron chi connectivity index (χ3n) is 2.63. The Morgan fingerprint density at radius 2 is 2.33 bits per heavy atom. The molecule has 0 radical (unpaired) electrons. The zero-order valence-corrected chi connectivity index (χ0v) is 11.3. The van der Waals surface area contributed by atoms with Gasteiger partial charge in [-0.1, -0.05) is 13.8 Å². The molecular formula is C12H16N4OS. The van der Waals surface area contributed by atoms with E-state index in [9.17, 15) is 4.79 Å². The number of thiophene rings is 1. The fourth-order valence-corrected chi connectivity index (χ4v) is 2.55. The molecule has 1 amide bonds. The maximum absolute atomic E-state index is 12.0. The molecule has 2 heterocycles. The zero-order chi connectivity index (χ0) is 13.1. The highest BCUT2D eigenvalue weighted by Gasteiger charge is 2.16. The van der Waals surface area contributed by atoms with Crippen LogP contribution in [0.5, 0.6) is 0 Å². The van der Waals surface area contributed by atoms with Crippen LogP contribution in [0.2, 0.25) is 0 Å². The van der Waals surface area contributed by atoms with E-state index in [1.807, 2.05) is 0 Å². The van der Waals surface area contributed by atoms with E-state index in [4.69, 9.17) is 5.73 Å². The van der Waals surface area contributed by atoms with Crippen LogP contribution in [0.4, 0.5) is 5.69 Å². The Balaban J connectivity index is 2.15. The summed E-state index contributed by atoms with van der Waals surface area (Å²) in [6, 6.07) is 1.78. The fraction of sp³-hybridized carbons (Fsp3) is 0.417. The Morgan fingerprint density at radius 1 is 1.56 bits per heavy atom. The summed E-state index contributed by atoms with van der Waals surface area (Å²) in [5.74, 6) is 0.437. The van der Waals surface area contributed by atoms with Crippen LogP contribution in [0.15, 0.2) is 12.3 Å². The molecule has 0 bridgehead atoms. The van der Waals surface area contributed by atoms with Gasteiger partial charge in [-0.25, -0.2) is 0 Å². The van der Waals surface area contributed by atoms with Gasteiger partial charge in [0, 0.05) is 11.9 Å². The molecule has 0 saturated heterocycles. The van der Waals surface area contributed by atoms with E-state index in [1.165, 1.54) is 11.3 Å². The molecule has 2 aromatic heterocycles. The second-order valence-electron chi connectivity index (χ2n) is 4.53. The lowest BCUT2D eigenvalue weighted by Gasteiger charge is -2.06. The van der Waals surface area contributed by atoms with Crippen molar-refractivity contribution >= 4 is 33.1 Å². The lowest BCUT2D eigenvalue weighted by atomic mass is 10.1. The van der Waals surface area contributed by atoms with Gasteiger partial charge in [-0.2, -0.15) is 5.10 Å². The van der Waals surface area contributed by atoms with E-state index in [2.05, 4.69) is 29.4 Å². The number of anilines is 1. The molecule has 2 aromatic rings. The van der Waals surface area contributed by atoms with Gasteiger partial charge in [-0.15, -0.1) is 16.4 Å². The highest BCUT2D eigenvalue weighted by atomic mass is 32.1. The predicted molar refractivity (Wildman–Crippen MR) is 73.6 cm³/mol. The first kappa shape index (κ1) is 12.8. The van der Waals surface area contributed by atoms with Crippen molar-refractivity contribution in [3.63, 3.8) is 0 Å². The molecule has 0 spiro atoms. The van der Waals surface area contributed by atoms with Crippen molar-refractivity contribution in [1.82, 2.24) is 15.5 Å². The molecule has 6 heteroatoms. The predicted octanol–water partition coefficient (Wildman–Crippen LogP) is 2.05. The average Bonchev–Trinajstić information content (AvgIpc) is 2.67. The van der Waals surface area contributed by atoms with Gasteiger partial charge < -0.3 is 11.1 Å². The SMILES string of the molecule is CC(C)CCNC(=O)c1sc2nnccc2c1N. The largest absolute Gasteiger partial charge is 0.397 e. The first-order valence-corrected chi connectivity index (χ1v) is 6.69. The van der Waals surface area contributed by atoms with Crippen molar-refractivity contribution in [1.29, 1.82) is 0 Å². The Bertz CT molecular complexity index is 564. The lowest BCUT2D eigenvalue weighted by molar-refractivity contribution is 0.0957. The first-order valence-electron chi connectivity index (χ1n) is 5.87. The van der Waals surface area contributed by atoms with Crippen molar-refractivity contribution in [2.24, 2.45) is 5.92 Å². The number of nitrogens with two attached hydrogens (primary N) is 1. The van der Waals surface area contributed by atoms with E-state index in [-0.39, 0.29) is 5.91 Å². The maximum atomic E-state index is 12.0. The Kier molecular flexibility index (Phi) is 3.76. The molecular weight excluding hydrogens is 248 g/mol. The summed E-state index contributed by atoms with van der Waals surface area (Å²) in [6.07, 6.45) is 2.53. The van der Waals surface area contributed by atoms with Crippen molar-refractivity contribution in [3.05, 3.63) is 17.1 Å². The van der Waals surface area contributed by atoms with E-state index < -0.39 is 0 Å². The van der Waals surface area contributed by atoms with Crippen LogP contribution in [-0.4, -0.2) is 22.6 Å². The summed E-state index contributed by atoms with van der Waals surface area (Å²) >= 11 is 1.28. The number of hydrogen-bond donors (Lipinski definition) is 2. The minimum Gasteiger partial charge on any atom is -0.397 e. The summed E-state index contributed by atoms with van der Waals surface area (Å²) in [5.41, 5.74) is 6.45. The second kappa shape index (κ2) is 5.30. The number of fused-ring (bicyclic) bond motifs is 1. The van der Waals surface area contributed by atoms with Gasteiger partial charge in [0.05, 0.1) is 11.9 Å². The van der Waals surface area contributed by atoms with Crippen LogP contribution < -0.4 is 11.1 Å². The molecule has 0 atom stereocenters. The number of carbonyl (C=O) groups is 1. The van der Waals surface area contributed by atoms with Crippen LogP contribution in [0.1, 0.15) is 29.9 Å². The standard InChI is InChI=1S/C12H16N4OS/c1-7(2)3-5-14-11(17)10-9(13)8-4-6-15-16-12(8)18-10/h4,6-7H,3,5,13H2,1-2H3,(H,14,17). The molecule has 0 fully saturated rings.